The van der Waals surface area contributed by atoms with Crippen molar-refractivity contribution in [2.24, 2.45) is 0 Å². The van der Waals surface area contributed by atoms with E-state index in [0.717, 1.165) is 11.1 Å². The molecular formula is C26H32FN5O3. The van der Waals surface area contributed by atoms with Crippen molar-refractivity contribution in [2.75, 3.05) is 56.0 Å². The van der Waals surface area contributed by atoms with Gasteiger partial charge in [0.05, 0.1) is 18.7 Å². The van der Waals surface area contributed by atoms with Crippen LogP contribution in [0.3, 0.4) is 0 Å². The summed E-state index contributed by atoms with van der Waals surface area (Å²) in [6.45, 7) is 7.21. The maximum Gasteiger partial charge on any atom is 0.243 e. The quantitative estimate of drug-likeness (QED) is 0.659. The number of para-hydroxylation sites is 1. The number of nitrogens with zero attached hydrogens (tertiary/aromatic N) is 3. The number of aryl methyl sites for hydroxylation is 2. The summed E-state index contributed by atoms with van der Waals surface area (Å²) >= 11 is 0. The molecule has 0 bridgehead atoms. The Balaban J connectivity index is 1.34. The predicted octanol–water partition coefficient (Wildman–Crippen LogP) is 1.92. The SMILES string of the molecule is Cc1ccc(NC(=O)C[C@@H]2C(=O)NCCN2C(=O)CN2CCN(c3ccccc3F)CC2)c(C)c1. The Kier molecular flexibility index (Phi) is 7.65. The molecular weight excluding hydrogens is 449 g/mol. The van der Waals surface area contributed by atoms with Crippen molar-refractivity contribution in [1.29, 1.82) is 0 Å². The van der Waals surface area contributed by atoms with E-state index in [1.807, 2.05) is 47.9 Å². The molecule has 0 unspecified atom stereocenters. The number of rotatable bonds is 6. The molecule has 3 amide bonds. The zero-order valence-corrected chi connectivity index (χ0v) is 20.2. The molecule has 8 nitrogen and oxygen atoms in total. The lowest BCUT2D eigenvalue weighted by atomic mass is 10.1. The number of halogens is 1. The van der Waals surface area contributed by atoms with Crippen LogP contribution in [0.5, 0.6) is 0 Å². The third kappa shape index (κ3) is 5.97. The summed E-state index contributed by atoms with van der Waals surface area (Å²) < 4.78 is 14.1. The molecule has 9 heteroatoms. The van der Waals surface area contributed by atoms with Crippen LogP contribution in [-0.4, -0.2) is 79.4 Å². The average Bonchev–Trinajstić information content (AvgIpc) is 2.83. The largest absolute Gasteiger partial charge is 0.367 e. The monoisotopic (exact) mass is 481 g/mol. The fourth-order valence-electron chi connectivity index (χ4n) is 4.68. The third-order valence-corrected chi connectivity index (χ3v) is 6.61. The Labute approximate surface area is 205 Å². The van der Waals surface area contributed by atoms with Crippen LogP contribution in [0.15, 0.2) is 42.5 Å². The second-order valence-electron chi connectivity index (χ2n) is 9.18. The summed E-state index contributed by atoms with van der Waals surface area (Å²) in [6.07, 6.45) is -0.105. The Hall–Kier alpha value is -3.46. The molecule has 0 aromatic heterocycles. The highest BCUT2D eigenvalue weighted by Gasteiger charge is 2.35. The number of hydrogen-bond donors (Lipinski definition) is 2. The van der Waals surface area contributed by atoms with E-state index in [2.05, 4.69) is 10.6 Å². The maximum atomic E-state index is 14.1. The second kappa shape index (κ2) is 10.9. The van der Waals surface area contributed by atoms with Crippen LogP contribution in [0.1, 0.15) is 17.5 Å². The average molecular weight is 482 g/mol. The molecule has 0 spiro atoms. The van der Waals surface area contributed by atoms with Crippen molar-refractivity contribution in [1.82, 2.24) is 15.1 Å². The van der Waals surface area contributed by atoms with E-state index >= 15 is 0 Å². The standard InChI is InChI=1S/C26H32FN5O3/c1-18-7-8-21(19(2)15-18)29-24(33)16-23-26(35)28-9-10-32(23)25(34)17-30-11-13-31(14-12-30)22-6-4-3-5-20(22)27/h3-8,15,23H,9-14,16-17H2,1-2H3,(H,28,35)(H,29,33)/t23-/m1/s1. The lowest BCUT2D eigenvalue weighted by Gasteiger charge is -2.39. The Bertz CT molecular complexity index is 1100. The van der Waals surface area contributed by atoms with E-state index in [0.29, 0.717) is 50.6 Å². The van der Waals surface area contributed by atoms with Crippen molar-refractivity contribution in [3.63, 3.8) is 0 Å². The molecule has 0 saturated carbocycles. The van der Waals surface area contributed by atoms with Crippen molar-refractivity contribution >= 4 is 29.1 Å². The van der Waals surface area contributed by atoms with E-state index in [1.165, 1.54) is 11.0 Å². The molecule has 2 aromatic carbocycles. The normalized spacial score (nSPS) is 18.8. The lowest BCUT2D eigenvalue weighted by Crippen LogP contribution is -2.60. The Morgan fingerprint density at radius 1 is 1.06 bits per heavy atom. The molecule has 4 rings (SSSR count). The number of piperazine rings is 2. The van der Waals surface area contributed by atoms with Crippen molar-refractivity contribution in [3.05, 3.63) is 59.4 Å². The first kappa shape index (κ1) is 24.7. The van der Waals surface area contributed by atoms with Gasteiger partial charge < -0.3 is 20.4 Å². The molecule has 35 heavy (non-hydrogen) atoms. The van der Waals surface area contributed by atoms with Crippen LogP contribution in [0.4, 0.5) is 15.8 Å². The van der Waals surface area contributed by atoms with Crippen molar-refractivity contribution in [3.8, 4) is 0 Å². The van der Waals surface area contributed by atoms with Crippen LogP contribution >= 0.6 is 0 Å². The number of amides is 3. The van der Waals surface area contributed by atoms with Gasteiger partial charge in [-0.05, 0) is 37.6 Å². The highest BCUT2D eigenvalue weighted by atomic mass is 19.1. The summed E-state index contributed by atoms with van der Waals surface area (Å²) in [5.41, 5.74) is 3.30. The first-order valence-corrected chi connectivity index (χ1v) is 12.0. The molecule has 2 fully saturated rings. The molecule has 2 aromatic rings. The minimum Gasteiger partial charge on any atom is -0.367 e. The smallest absolute Gasteiger partial charge is 0.243 e. The number of anilines is 2. The van der Waals surface area contributed by atoms with E-state index in [-0.39, 0.29) is 36.5 Å². The molecule has 1 atom stereocenters. The van der Waals surface area contributed by atoms with Gasteiger partial charge in [0.15, 0.2) is 0 Å². The summed E-state index contributed by atoms with van der Waals surface area (Å²) in [5.74, 6) is -1.05. The Morgan fingerprint density at radius 3 is 2.51 bits per heavy atom. The van der Waals surface area contributed by atoms with Gasteiger partial charge in [-0.1, -0.05) is 29.8 Å². The first-order valence-electron chi connectivity index (χ1n) is 12.0. The van der Waals surface area contributed by atoms with Gasteiger partial charge in [-0.2, -0.15) is 0 Å². The van der Waals surface area contributed by atoms with Gasteiger partial charge in [-0.3, -0.25) is 19.3 Å². The van der Waals surface area contributed by atoms with Gasteiger partial charge in [0.2, 0.25) is 17.7 Å². The zero-order valence-electron chi connectivity index (χ0n) is 20.2. The van der Waals surface area contributed by atoms with Crippen molar-refractivity contribution in [2.45, 2.75) is 26.3 Å². The lowest BCUT2D eigenvalue weighted by molar-refractivity contribution is -0.145. The summed E-state index contributed by atoms with van der Waals surface area (Å²) in [6, 6.07) is 11.6. The molecule has 0 radical (unpaired) electrons. The molecule has 186 valence electrons. The van der Waals surface area contributed by atoms with Crippen LogP contribution in [0.2, 0.25) is 0 Å². The minimum absolute atomic E-state index is 0.105. The zero-order chi connectivity index (χ0) is 24.9. The fourth-order valence-corrected chi connectivity index (χ4v) is 4.68. The number of benzene rings is 2. The van der Waals surface area contributed by atoms with Gasteiger partial charge in [0, 0.05) is 45.0 Å². The van der Waals surface area contributed by atoms with Crippen LogP contribution < -0.4 is 15.5 Å². The summed E-state index contributed by atoms with van der Waals surface area (Å²) in [5, 5.41) is 5.64. The molecule has 2 saturated heterocycles. The topological polar surface area (TPSA) is 85.0 Å². The molecule has 2 N–H and O–H groups in total. The van der Waals surface area contributed by atoms with Gasteiger partial charge in [0.1, 0.15) is 11.9 Å². The second-order valence-corrected chi connectivity index (χ2v) is 9.18. The van der Waals surface area contributed by atoms with E-state index in [4.69, 9.17) is 0 Å². The third-order valence-electron chi connectivity index (χ3n) is 6.61. The maximum absolute atomic E-state index is 14.1. The van der Waals surface area contributed by atoms with Crippen molar-refractivity contribution < 1.29 is 18.8 Å². The van der Waals surface area contributed by atoms with E-state index < -0.39 is 6.04 Å². The molecule has 2 heterocycles. The minimum atomic E-state index is -0.846. The summed E-state index contributed by atoms with van der Waals surface area (Å²) in [7, 11) is 0. The number of hydrogen-bond acceptors (Lipinski definition) is 5. The molecule has 2 aliphatic heterocycles. The van der Waals surface area contributed by atoms with Crippen LogP contribution in [-0.2, 0) is 14.4 Å². The molecule has 0 aliphatic carbocycles. The predicted molar refractivity (Wildman–Crippen MR) is 133 cm³/mol. The number of carbonyl (C=O) groups is 3. The van der Waals surface area contributed by atoms with Gasteiger partial charge in [-0.15, -0.1) is 0 Å². The highest BCUT2D eigenvalue weighted by Crippen LogP contribution is 2.21. The van der Waals surface area contributed by atoms with E-state index in [9.17, 15) is 18.8 Å². The molecule has 2 aliphatic rings. The van der Waals surface area contributed by atoms with Gasteiger partial charge >= 0.3 is 0 Å². The first-order chi connectivity index (χ1) is 16.8. The Morgan fingerprint density at radius 2 is 1.80 bits per heavy atom. The number of nitrogens with one attached hydrogen (secondary N) is 2. The van der Waals surface area contributed by atoms with E-state index in [1.54, 1.807) is 12.1 Å². The van der Waals surface area contributed by atoms with Crippen LogP contribution in [0, 0.1) is 19.7 Å². The van der Waals surface area contributed by atoms with Crippen LogP contribution in [0.25, 0.3) is 0 Å². The highest BCUT2D eigenvalue weighted by molar-refractivity contribution is 5.98. The number of carbonyl (C=O) groups excluding carboxylic acids is 3. The van der Waals surface area contributed by atoms with Gasteiger partial charge in [0.25, 0.3) is 0 Å². The fraction of sp³-hybridized carbons (Fsp3) is 0.423. The summed E-state index contributed by atoms with van der Waals surface area (Å²) in [4.78, 5) is 44.0. The van der Waals surface area contributed by atoms with Gasteiger partial charge in [-0.25, -0.2) is 4.39 Å².